The summed E-state index contributed by atoms with van der Waals surface area (Å²) in [6, 6.07) is 4.48. The van der Waals surface area contributed by atoms with Crippen molar-refractivity contribution < 1.29 is 14.8 Å². The number of rotatable bonds is 4. The first kappa shape index (κ1) is 13.9. The van der Waals surface area contributed by atoms with Crippen LogP contribution in [0.5, 0.6) is 0 Å². The Labute approximate surface area is 117 Å². The molecule has 102 valence electrons. The zero-order chi connectivity index (χ0) is 14.7. The lowest BCUT2D eigenvalue weighted by atomic mass is 10.3. The third-order valence-electron chi connectivity index (χ3n) is 2.44. The van der Waals surface area contributed by atoms with Crippen LogP contribution in [0.25, 0.3) is 0 Å². The number of pyridine rings is 2. The Balaban J connectivity index is 2.40. The smallest absolute Gasteiger partial charge is 0.354 e. The van der Waals surface area contributed by atoms with Gasteiger partial charge in [0.25, 0.3) is 0 Å². The quantitative estimate of drug-likeness (QED) is 0.681. The van der Waals surface area contributed by atoms with E-state index in [0.29, 0.717) is 10.5 Å². The van der Waals surface area contributed by atoms with Crippen molar-refractivity contribution in [2.24, 2.45) is 0 Å². The van der Waals surface area contributed by atoms with Crippen molar-refractivity contribution in [1.82, 2.24) is 9.97 Å². The Hall–Kier alpha value is -2.48. The molecule has 0 amide bonds. The van der Waals surface area contributed by atoms with E-state index in [2.05, 4.69) is 9.97 Å². The number of hydrogen-bond acceptors (Lipinski definition) is 6. The van der Waals surface area contributed by atoms with Gasteiger partial charge in [-0.1, -0.05) is 11.8 Å². The number of carboxylic acids is 1. The molecule has 0 saturated carbocycles. The molecule has 2 aromatic heterocycles. The van der Waals surface area contributed by atoms with Gasteiger partial charge in [0, 0.05) is 22.9 Å². The molecule has 0 aliphatic heterocycles. The fourth-order valence-corrected chi connectivity index (χ4v) is 2.49. The molecule has 0 atom stereocenters. The molecular formula is C12H9N3O4S. The van der Waals surface area contributed by atoms with E-state index in [9.17, 15) is 14.9 Å². The maximum absolute atomic E-state index is 11.1. The molecule has 0 spiro atoms. The van der Waals surface area contributed by atoms with E-state index in [4.69, 9.17) is 5.11 Å². The number of aromatic carboxylic acids is 1. The Morgan fingerprint density at radius 3 is 2.70 bits per heavy atom. The predicted octanol–water partition coefficient (Wildman–Crippen LogP) is 2.54. The van der Waals surface area contributed by atoms with E-state index in [1.807, 2.05) is 0 Å². The van der Waals surface area contributed by atoms with Gasteiger partial charge in [-0.15, -0.1) is 0 Å². The normalized spacial score (nSPS) is 10.2. The summed E-state index contributed by atoms with van der Waals surface area (Å²) in [6.07, 6.45) is 2.82. The van der Waals surface area contributed by atoms with Crippen LogP contribution >= 0.6 is 11.8 Å². The van der Waals surface area contributed by atoms with Crippen LogP contribution in [0.3, 0.4) is 0 Å². The summed E-state index contributed by atoms with van der Waals surface area (Å²) < 4.78 is 0. The lowest BCUT2D eigenvalue weighted by Crippen LogP contribution is -2.00. The lowest BCUT2D eigenvalue weighted by Gasteiger charge is -2.04. The van der Waals surface area contributed by atoms with E-state index in [-0.39, 0.29) is 16.4 Å². The summed E-state index contributed by atoms with van der Waals surface area (Å²) in [5.74, 6) is -1.15. The molecule has 0 saturated heterocycles. The third kappa shape index (κ3) is 2.91. The van der Waals surface area contributed by atoms with Crippen molar-refractivity contribution in [3.8, 4) is 0 Å². The van der Waals surface area contributed by atoms with E-state index in [0.717, 1.165) is 11.8 Å². The van der Waals surface area contributed by atoms with Gasteiger partial charge in [-0.3, -0.25) is 10.1 Å². The maximum atomic E-state index is 11.1. The Morgan fingerprint density at radius 2 is 2.05 bits per heavy atom. The molecule has 0 radical (unpaired) electrons. The van der Waals surface area contributed by atoms with Gasteiger partial charge >= 0.3 is 11.7 Å². The summed E-state index contributed by atoms with van der Waals surface area (Å²) in [7, 11) is 0. The largest absolute Gasteiger partial charge is 0.477 e. The van der Waals surface area contributed by atoms with Gasteiger partial charge in [0.2, 0.25) is 0 Å². The topological polar surface area (TPSA) is 106 Å². The third-order valence-corrected chi connectivity index (χ3v) is 3.42. The molecular weight excluding hydrogens is 282 g/mol. The molecule has 7 nitrogen and oxygen atoms in total. The monoisotopic (exact) mass is 291 g/mol. The maximum Gasteiger partial charge on any atom is 0.354 e. The number of aromatic nitrogens is 2. The molecule has 8 heteroatoms. The van der Waals surface area contributed by atoms with E-state index >= 15 is 0 Å². The van der Waals surface area contributed by atoms with Gasteiger partial charge in [-0.2, -0.15) is 0 Å². The molecule has 0 aliphatic rings. The standard InChI is InChI=1S/C12H9N3O4S/c1-7-2-4-14-11(10(7)15(18)19)20-8-3-5-13-9(6-8)12(16)17/h2-6H,1H3,(H,16,17). The SMILES string of the molecule is Cc1ccnc(Sc2ccnc(C(=O)O)c2)c1[N+](=O)[O-]. The van der Waals surface area contributed by atoms with Crippen LogP contribution in [-0.4, -0.2) is 26.0 Å². The average Bonchev–Trinajstić information content (AvgIpc) is 2.38. The van der Waals surface area contributed by atoms with E-state index in [1.165, 1.54) is 18.5 Å². The Bertz CT molecular complexity index is 690. The van der Waals surface area contributed by atoms with Crippen LogP contribution in [0, 0.1) is 17.0 Å². The first-order chi connectivity index (χ1) is 9.49. The van der Waals surface area contributed by atoms with Crippen molar-refractivity contribution in [2.45, 2.75) is 16.8 Å². The fraction of sp³-hybridized carbons (Fsp3) is 0.0833. The zero-order valence-electron chi connectivity index (χ0n) is 10.3. The van der Waals surface area contributed by atoms with Gasteiger partial charge < -0.3 is 5.11 Å². The second kappa shape index (κ2) is 5.66. The highest BCUT2D eigenvalue weighted by Gasteiger charge is 2.19. The highest BCUT2D eigenvalue weighted by atomic mass is 32.2. The number of aryl methyl sites for hydroxylation is 1. The molecule has 20 heavy (non-hydrogen) atoms. The molecule has 0 unspecified atom stereocenters. The van der Waals surface area contributed by atoms with Gasteiger partial charge in [0.15, 0.2) is 5.03 Å². The van der Waals surface area contributed by atoms with Gasteiger partial charge in [-0.25, -0.2) is 14.8 Å². The molecule has 0 aliphatic carbocycles. The van der Waals surface area contributed by atoms with Crippen LogP contribution in [0.1, 0.15) is 16.1 Å². The van der Waals surface area contributed by atoms with Crippen molar-refractivity contribution in [3.63, 3.8) is 0 Å². The van der Waals surface area contributed by atoms with Crippen LogP contribution in [0.2, 0.25) is 0 Å². The van der Waals surface area contributed by atoms with Gasteiger partial charge in [-0.05, 0) is 25.1 Å². The number of carboxylic acid groups (broad SMARTS) is 1. The number of nitrogens with zero attached hydrogens (tertiary/aromatic N) is 3. The van der Waals surface area contributed by atoms with Crippen LogP contribution in [-0.2, 0) is 0 Å². The van der Waals surface area contributed by atoms with Crippen molar-refractivity contribution in [3.05, 3.63) is 52.0 Å². The zero-order valence-corrected chi connectivity index (χ0v) is 11.1. The summed E-state index contributed by atoms with van der Waals surface area (Å²) in [6.45, 7) is 1.62. The van der Waals surface area contributed by atoms with Crippen molar-refractivity contribution in [1.29, 1.82) is 0 Å². The molecule has 2 rings (SSSR count). The number of carbonyl (C=O) groups is 1. The van der Waals surface area contributed by atoms with Crippen molar-refractivity contribution >= 4 is 23.4 Å². The molecule has 0 fully saturated rings. The van der Waals surface area contributed by atoms with Crippen molar-refractivity contribution in [2.75, 3.05) is 0 Å². The first-order valence-corrected chi connectivity index (χ1v) is 6.28. The summed E-state index contributed by atoms with van der Waals surface area (Å²) in [4.78, 5) is 29.6. The molecule has 2 aromatic rings. The summed E-state index contributed by atoms with van der Waals surface area (Å²) in [5, 5.41) is 20.1. The second-order valence-corrected chi connectivity index (χ2v) is 4.88. The fourth-order valence-electron chi connectivity index (χ4n) is 1.53. The molecule has 1 N–H and O–H groups in total. The number of nitro groups is 1. The molecule has 0 bridgehead atoms. The lowest BCUT2D eigenvalue weighted by molar-refractivity contribution is -0.388. The highest BCUT2D eigenvalue weighted by molar-refractivity contribution is 7.99. The average molecular weight is 291 g/mol. The predicted molar refractivity (Wildman–Crippen MR) is 70.9 cm³/mol. The first-order valence-electron chi connectivity index (χ1n) is 5.46. The minimum atomic E-state index is -1.15. The molecule has 2 heterocycles. The minimum absolute atomic E-state index is 0.0776. The second-order valence-electron chi connectivity index (χ2n) is 3.82. The highest BCUT2D eigenvalue weighted by Crippen LogP contribution is 2.34. The van der Waals surface area contributed by atoms with Gasteiger partial charge in [0.1, 0.15) is 5.69 Å². The van der Waals surface area contributed by atoms with Crippen LogP contribution in [0.15, 0.2) is 40.5 Å². The Kier molecular flexibility index (Phi) is 3.94. The van der Waals surface area contributed by atoms with Crippen LogP contribution < -0.4 is 0 Å². The molecule has 0 aromatic carbocycles. The van der Waals surface area contributed by atoms with E-state index in [1.54, 1.807) is 19.1 Å². The van der Waals surface area contributed by atoms with Crippen LogP contribution in [0.4, 0.5) is 5.69 Å². The Morgan fingerprint density at radius 1 is 1.35 bits per heavy atom. The van der Waals surface area contributed by atoms with E-state index < -0.39 is 10.9 Å². The summed E-state index contributed by atoms with van der Waals surface area (Å²) in [5.41, 5.74) is 0.302. The summed E-state index contributed by atoms with van der Waals surface area (Å²) >= 11 is 1.03. The van der Waals surface area contributed by atoms with Gasteiger partial charge in [0.05, 0.1) is 4.92 Å². The minimum Gasteiger partial charge on any atom is -0.477 e. The number of hydrogen-bond donors (Lipinski definition) is 1.